The van der Waals surface area contributed by atoms with Gasteiger partial charge in [-0.15, -0.1) is 0 Å². The lowest BCUT2D eigenvalue weighted by Gasteiger charge is -2.19. The smallest absolute Gasteiger partial charge is 0.410 e. The quantitative estimate of drug-likeness (QED) is 0.610. The fourth-order valence-corrected chi connectivity index (χ4v) is 1.83. The van der Waals surface area contributed by atoms with Crippen LogP contribution in [0, 0.1) is 0 Å². The summed E-state index contributed by atoms with van der Waals surface area (Å²) in [4.78, 5) is 13.1. The summed E-state index contributed by atoms with van der Waals surface area (Å²) < 4.78 is 5.05. The van der Waals surface area contributed by atoms with E-state index in [1.54, 1.807) is 0 Å². The van der Waals surface area contributed by atoms with Crippen LogP contribution < -0.4 is 5.32 Å². The summed E-state index contributed by atoms with van der Waals surface area (Å²) in [5.41, 5.74) is 0. The van der Waals surface area contributed by atoms with Crippen molar-refractivity contribution in [2.45, 2.75) is 25.5 Å². The monoisotopic (exact) mass is 170 g/mol. The normalized spacial score (nSPS) is 35.8. The molecule has 0 aliphatic carbocycles. The van der Waals surface area contributed by atoms with Crippen LogP contribution >= 0.6 is 0 Å². The molecular weight excluding hydrogens is 156 g/mol. The van der Waals surface area contributed by atoms with Gasteiger partial charge in [-0.1, -0.05) is 0 Å². The molecule has 2 rings (SSSR count). The van der Waals surface area contributed by atoms with Gasteiger partial charge in [0, 0.05) is 12.6 Å². The lowest BCUT2D eigenvalue weighted by molar-refractivity contribution is 0.134. The number of nitrogens with one attached hydrogen (secondary N) is 1. The second-order valence-corrected chi connectivity index (χ2v) is 3.49. The highest BCUT2D eigenvalue weighted by Crippen LogP contribution is 2.17. The zero-order valence-electron chi connectivity index (χ0n) is 7.25. The minimum absolute atomic E-state index is 0.0677. The lowest BCUT2D eigenvalue weighted by Crippen LogP contribution is -2.37. The van der Waals surface area contributed by atoms with Gasteiger partial charge in [0.15, 0.2) is 0 Å². The summed E-state index contributed by atoms with van der Waals surface area (Å²) in [5, 5.41) is 3.24. The van der Waals surface area contributed by atoms with Crippen molar-refractivity contribution in [3.63, 3.8) is 0 Å². The molecule has 1 N–H and O–H groups in total. The number of nitrogens with zero attached hydrogens (tertiary/aromatic N) is 1. The number of rotatable bonds is 1. The van der Waals surface area contributed by atoms with Crippen LogP contribution in [-0.4, -0.2) is 42.8 Å². The first-order valence-electron chi connectivity index (χ1n) is 4.45. The molecule has 2 atom stereocenters. The first-order chi connectivity index (χ1) is 5.77. The number of carbonyl (C=O) groups is 1. The molecular formula is C8H14N2O2. The predicted molar refractivity (Wildman–Crippen MR) is 43.9 cm³/mol. The third kappa shape index (κ3) is 1.27. The molecule has 0 aromatic heterocycles. The number of hydrogen-bond donors (Lipinski definition) is 1. The average Bonchev–Trinajstić information content (AvgIpc) is 2.58. The molecule has 2 aliphatic heterocycles. The van der Waals surface area contributed by atoms with Crippen molar-refractivity contribution in [3.05, 3.63) is 0 Å². The minimum atomic E-state index is -0.142. The number of cyclic esters (lactones) is 1. The fourth-order valence-electron chi connectivity index (χ4n) is 1.83. The molecule has 12 heavy (non-hydrogen) atoms. The molecule has 0 aromatic carbocycles. The van der Waals surface area contributed by atoms with Gasteiger partial charge in [-0.2, -0.15) is 0 Å². The van der Waals surface area contributed by atoms with Gasteiger partial charge in [0.1, 0.15) is 6.10 Å². The van der Waals surface area contributed by atoms with Crippen molar-refractivity contribution >= 4 is 6.09 Å². The molecule has 2 aliphatic rings. The van der Waals surface area contributed by atoms with Crippen LogP contribution in [0.25, 0.3) is 0 Å². The van der Waals surface area contributed by atoms with E-state index in [1.807, 2.05) is 11.8 Å². The molecule has 4 heteroatoms. The Labute approximate surface area is 71.9 Å². The third-order valence-electron chi connectivity index (χ3n) is 2.47. The zero-order chi connectivity index (χ0) is 8.55. The standard InChI is InChI=1S/C8H14N2O2/c1-6-5-10(8(11)12-6)7-2-3-9-4-7/h6-7,9H,2-5H2,1H3/t6-,7-/m1/s1. The molecule has 0 bridgehead atoms. The Hall–Kier alpha value is -0.770. The van der Waals surface area contributed by atoms with Crippen LogP contribution in [0.2, 0.25) is 0 Å². The molecule has 1 amide bonds. The van der Waals surface area contributed by atoms with Crippen molar-refractivity contribution in [2.75, 3.05) is 19.6 Å². The van der Waals surface area contributed by atoms with Gasteiger partial charge in [-0.05, 0) is 19.9 Å². The Kier molecular flexibility index (Phi) is 1.92. The third-order valence-corrected chi connectivity index (χ3v) is 2.47. The maximum atomic E-state index is 11.2. The Morgan fingerprint density at radius 3 is 3.00 bits per heavy atom. The van der Waals surface area contributed by atoms with Crippen LogP contribution in [0.1, 0.15) is 13.3 Å². The van der Waals surface area contributed by atoms with Gasteiger partial charge in [0.2, 0.25) is 0 Å². The lowest BCUT2D eigenvalue weighted by atomic mass is 10.2. The van der Waals surface area contributed by atoms with Crippen LogP contribution in [0.4, 0.5) is 4.79 Å². The molecule has 0 saturated carbocycles. The first-order valence-corrected chi connectivity index (χ1v) is 4.45. The van der Waals surface area contributed by atoms with Crippen LogP contribution in [-0.2, 0) is 4.74 Å². The van der Waals surface area contributed by atoms with Gasteiger partial charge in [0.05, 0.1) is 6.54 Å². The van der Waals surface area contributed by atoms with E-state index in [1.165, 1.54) is 0 Å². The van der Waals surface area contributed by atoms with E-state index in [-0.39, 0.29) is 12.2 Å². The molecule has 0 spiro atoms. The van der Waals surface area contributed by atoms with Crippen LogP contribution in [0.5, 0.6) is 0 Å². The summed E-state index contributed by atoms with van der Waals surface area (Å²) in [6, 6.07) is 0.363. The van der Waals surface area contributed by atoms with E-state index in [4.69, 9.17) is 4.74 Å². The SMILES string of the molecule is C[C@@H]1CN([C@@H]2CCNC2)C(=O)O1. The summed E-state index contributed by atoms with van der Waals surface area (Å²) in [7, 11) is 0. The van der Waals surface area contributed by atoms with Gasteiger partial charge < -0.3 is 15.0 Å². The predicted octanol–water partition coefficient (Wildman–Crippen LogP) is 0.189. The summed E-state index contributed by atoms with van der Waals surface area (Å²) in [6.45, 7) is 4.62. The molecule has 0 aromatic rings. The van der Waals surface area contributed by atoms with Crippen molar-refractivity contribution in [3.8, 4) is 0 Å². The maximum absolute atomic E-state index is 11.2. The van der Waals surface area contributed by atoms with Crippen LogP contribution in [0.3, 0.4) is 0 Å². The fraction of sp³-hybridized carbons (Fsp3) is 0.875. The first kappa shape index (κ1) is 7.86. The van der Waals surface area contributed by atoms with E-state index < -0.39 is 0 Å². The molecule has 0 radical (unpaired) electrons. The molecule has 2 fully saturated rings. The number of carbonyl (C=O) groups excluding carboxylic acids is 1. The van der Waals surface area contributed by atoms with Crippen molar-refractivity contribution in [1.82, 2.24) is 10.2 Å². The van der Waals surface area contributed by atoms with Gasteiger partial charge >= 0.3 is 6.09 Å². The van der Waals surface area contributed by atoms with E-state index in [9.17, 15) is 4.79 Å². The summed E-state index contributed by atoms with van der Waals surface area (Å²) >= 11 is 0. The number of ether oxygens (including phenoxy) is 1. The van der Waals surface area contributed by atoms with Gasteiger partial charge in [0.25, 0.3) is 0 Å². The Morgan fingerprint density at radius 2 is 2.50 bits per heavy atom. The second kappa shape index (κ2) is 2.94. The Morgan fingerprint density at radius 1 is 1.67 bits per heavy atom. The highest BCUT2D eigenvalue weighted by atomic mass is 16.6. The van der Waals surface area contributed by atoms with E-state index >= 15 is 0 Å². The summed E-state index contributed by atoms with van der Waals surface area (Å²) in [5.74, 6) is 0. The Balaban J connectivity index is 1.98. The molecule has 68 valence electrons. The average molecular weight is 170 g/mol. The molecule has 2 heterocycles. The molecule has 0 unspecified atom stereocenters. The van der Waals surface area contributed by atoms with Crippen molar-refractivity contribution in [2.24, 2.45) is 0 Å². The highest BCUT2D eigenvalue weighted by Gasteiger charge is 2.34. The van der Waals surface area contributed by atoms with Gasteiger partial charge in [-0.3, -0.25) is 0 Å². The molecule has 2 saturated heterocycles. The highest BCUT2D eigenvalue weighted by molar-refractivity contribution is 5.70. The van der Waals surface area contributed by atoms with Gasteiger partial charge in [-0.25, -0.2) is 4.79 Å². The molecule has 4 nitrogen and oxygen atoms in total. The summed E-state index contributed by atoms with van der Waals surface area (Å²) in [6.07, 6.45) is 0.983. The topological polar surface area (TPSA) is 41.6 Å². The van der Waals surface area contributed by atoms with E-state index in [2.05, 4.69) is 5.32 Å². The van der Waals surface area contributed by atoms with Crippen LogP contribution in [0.15, 0.2) is 0 Å². The van der Waals surface area contributed by atoms with E-state index in [0.29, 0.717) is 6.04 Å². The minimum Gasteiger partial charge on any atom is -0.444 e. The second-order valence-electron chi connectivity index (χ2n) is 3.49. The van der Waals surface area contributed by atoms with Crippen molar-refractivity contribution < 1.29 is 9.53 Å². The Bertz CT molecular complexity index is 189. The largest absolute Gasteiger partial charge is 0.444 e. The van der Waals surface area contributed by atoms with E-state index in [0.717, 1.165) is 26.1 Å². The van der Waals surface area contributed by atoms with Crippen molar-refractivity contribution in [1.29, 1.82) is 0 Å². The number of amides is 1. The number of hydrogen-bond acceptors (Lipinski definition) is 3. The zero-order valence-corrected chi connectivity index (χ0v) is 7.25. The maximum Gasteiger partial charge on any atom is 0.410 e.